The van der Waals surface area contributed by atoms with E-state index in [-0.39, 0.29) is 24.8 Å². The number of anilines is 1. The van der Waals surface area contributed by atoms with Gasteiger partial charge in [0.2, 0.25) is 5.91 Å². The smallest absolute Gasteiger partial charge is 0.222 e. The minimum absolute atomic E-state index is 0. The van der Waals surface area contributed by atoms with Crippen LogP contribution in [-0.4, -0.2) is 60.3 Å². The molecule has 2 saturated heterocycles. The fourth-order valence-electron chi connectivity index (χ4n) is 3.58. The SMILES string of the molecule is CC(CC(=O)N1CCN(c2cccnn2)CC1)C1CCCNC1.Cl.Cl. The summed E-state index contributed by atoms with van der Waals surface area (Å²) in [5.74, 6) is 2.32. The van der Waals surface area contributed by atoms with Crippen LogP contribution in [0.25, 0.3) is 0 Å². The van der Waals surface area contributed by atoms with E-state index in [0.29, 0.717) is 24.2 Å². The Balaban J connectivity index is 0.00000156. The lowest BCUT2D eigenvalue weighted by Gasteiger charge is -2.36. The zero-order valence-electron chi connectivity index (χ0n) is 14.8. The van der Waals surface area contributed by atoms with Crippen LogP contribution in [0.4, 0.5) is 5.82 Å². The molecule has 0 aromatic carbocycles. The number of amides is 1. The molecule has 8 heteroatoms. The summed E-state index contributed by atoms with van der Waals surface area (Å²) < 4.78 is 0. The third kappa shape index (κ3) is 5.97. The first-order valence-corrected chi connectivity index (χ1v) is 8.75. The molecule has 1 aromatic heterocycles. The van der Waals surface area contributed by atoms with Crippen LogP contribution in [0.1, 0.15) is 26.2 Å². The lowest BCUT2D eigenvalue weighted by molar-refractivity contribution is -0.132. The third-order valence-electron chi connectivity index (χ3n) is 5.15. The Labute approximate surface area is 162 Å². The molecule has 2 aliphatic rings. The summed E-state index contributed by atoms with van der Waals surface area (Å²) in [7, 11) is 0. The maximum Gasteiger partial charge on any atom is 0.222 e. The van der Waals surface area contributed by atoms with Crippen molar-refractivity contribution in [2.24, 2.45) is 11.8 Å². The van der Waals surface area contributed by atoms with Gasteiger partial charge in [0.1, 0.15) is 0 Å². The van der Waals surface area contributed by atoms with E-state index in [0.717, 1.165) is 45.1 Å². The molecule has 0 bridgehead atoms. The summed E-state index contributed by atoms with van der Waals surface area (Å²) >= 11 is 0. The number of carbonyl (C=O) groups is 1. The van der Waals surface area contributed by atoms with Crippen LogP contribution in [0.2, 0.25) is 0 Å². The molecule has 2 unspecified atom stereocenters. The van der Waals surface area contributed by atoms with E-state index in [4.69, 9.17) is 0 Å². The van der Waals surface area contributed by atoms with E-state index in [9.17, 15) is 4.79 Å². The average molecular weight is 390 g/mol. The lowest BCUT2D eigenvalue weighted by atomic mass is 9.85. The van der Waals surface area contributed by atoms with E-state index in [1.54, 1.807) is 6.20 Å². The van der Waals surface area contributed by atoms with E-state index < -0.39 is 0 Å². The monoisotopic (exact) mass is 389 g/mol. The van der Waals surface area contributed by atoms with Crippen LogP contribution in [-0.2, 0) is 4.79 Å². The summed E-state index contributed by atoms with van der Waals surface area (Å²) in [6.07, 6.45) is 4.85. The maximum atomic E-state index is 12.6. The number of aromatic nitrogens is 2. The number of piperidine rings is 1. The molecule has 1 aromatic rings. The molecule has 2 atom stereocenters. The summed E-state index contributed by atoms with van der Waals surface area (Å²) in [5, 5.41) is 11.5. The molecule has 25 heavy (non-hydrogen) atoms. The number of hydrogen-bond acceptors (Lipinski definition) is 5. The highest BCUT2D eigenvalue weighted by atomic mass is 35.5. The van der Waals surface area contributed by atoms with Crippen LogP contribution in [0.3, 0.4) is 0 Å². The van der Waals surface area contributed by atoms with Gasteiger partial charge in [0.05, 0.1) is 0 Å². The molecule has 2 aliphatic heterocycles. The van der Waals surface area contributed by atoms with Crippen LogP contribution >= 0.6 is 24.8 Å². The van der Waals surface area contributed by atoms with Crippen molar-refractivity contribution in [2.45, 2.75) is 26.2 Å². The van der Waals surface area contributed by atoms with E-state index >= 15 is 0 Å². The summed E-state index contributed by atoms with van der Waals surface area (Å²) in [5.41, 5.74) is 0. The quantitative estimate of drug-likeness (QED) is 0.852. The molecule has 2 fully saturated rings. The number of nitrogens with one attached hydrogen (secondary N) is 1. The average Bonchev–Trinajstić information content (AvgIpc) is 2.63. The van der Waals surface area contributed by atoms with Gasteiger partial charge in [-0.05, 0) is 49.9 Å². The first kappa shape index (κ1) is 21.9. The number of carbonyl (C=O) groups excluding carboxylic acids is 1. The van der Waals surface area contributed by atoms with Gasteiger partial charge >= 0.3 is 0 Å². The molecule has 1 N–H and O–H groups in total. The van der Waals surface area contributed by atoms with Crippen molar-refractivity contribution < 1.29 is 4.79 Å². The van der Waals surface area contributed by atoms with E-state index in [1.807, 2.05) is 17.0 Å². The number of hydrogen-bond donors (Lipinski definition) is 1. The molecular weight excluding hydrogens is 361 g/mol. The predicted molar refractivity (Wildman–Crippen MR) is 105 cm³/mol. The first-order chi connectivity index (χ1) is 11.2. The normalized spacial score (nSPS) is 21.7. The standard InChI is InChI=1S/C17H27N5O.2ClH/c1-14(15-4-2-6-18-13-15)12-17(23)22-10-8-21(9-11-22)16-5-3-7-19-20-16;;/h3,5,7,14-15,18H,2,4,6,8-13H2,1H3;2*1H. The molecule has 0 aliphatic carbocycles. The Morgan fingerprint density at radius 2 is 2.08 bits per heavy atom. The summed E-state index contributed by atoms with van der Waals surface area (Å²) in [6, 6.07) is 3.88. The van der Waals surface area contributed by atoms with E-state index in [2.05, 4.69) is 27.3 Å². The van der Waals surface area contributed by atoms with Crippen molar-refractivity contribution in [1.29, 1.82) is 0 Å². The first-order valence-electron chi connectivity index (χ1n) is 8.75. The maximum absolute atomic E-state index is 12.6. The second-order valence-corrected chi connectivity index (χ2v) is 6.74. The largest absolute Gasteiger partial charge is 0.352 e. The van der Waals surface area contributed by atoms with Gasteiger partial charge < -0.3 is 15.1 Å². The Morgan fingerprint density at radius 1 is 1.32 bits per heavy atom. The Morgan fingerprint density at radius 3 is 2.68 bits per heavy atom. The van der Waals surface area contributed by atoms with Crippen LogP contribution in [0.5, 0.6) is 0 Å². The van der Waals surface area contributed by atoms with Crippen LogP contribution < -0.4 is 10.2 Å². The van der Waals surface area contributed by atoms with Crippen molar-refractivity contribution in [3.63, 3.8) is 0 Å². The zero-order chi connectivity index (χ0) is 16.1. The molecule has 0 saturated carbocycles. The Kier molecular flexibility index (Phi) is 9.46. The number of piperazine rings is 1. The zero-order valence-corrected chi connectivity index (χ0v) is 16.4. The summed E-state index contributed by atoms with van der Waals surface area (Å²) in [4.78, 5) is 16.8. The third-order valence-corrected chi connectivity index (χ3v) is 5.15. The second kappa shape index (κ2) is 10.8. The van der Waals surface area contributed by atoms with Crippen molar-refractivity contribution in [1.82, 2.24) is 20.4 Å². The molecular formula is C17H29Cl2N5O. The molecule has 0 radical (unpaired) electrons. The van der Waals surface area contributed by atoms with Crippen molar-refractivity contribution in [2.75, 3.05) is 44.2 Å². The van der Waals surface area contributed by atoms with Crippen LogP contribution in [0, 0.1) is 11.8 Å². The van der Waals surface area contributed by atoms with Crippen molar-refractivity contribution >= 4 is 36.5 Å². The fourth-order valence-corrected chi connectivity index (χ4v) is 3.58. The van der Waals surface area contributed by atoms with Gasteiger partial charge in [0.15, 0.2) is 5.82 Å². The van der Waals surface area contributed by atoms with Gasteiger partial charge in [-0.3, -0.25) is 4.79 Å². The van der Waals surface area contributed by atoms with Gasteiger partial charge in [0.25, 0.3) is 0 Å². The predicted octanol–water partition coefficient (Wildman–Crippen LogP) is 1.99. The number of rotatable bonds is 4. The number of halogens is 2. The topological polar surface area (TPSA) is 61.4 Å². The van der Waals surface area contributed by atoms with Gasteiger partial charge in [-0.1, -0.05) is 6.92 Å². The van der Waals surface area contributed by atoms with Gasteiger partial charge in [-0.15, -0.1) is 29.9 Å². The van der Waals surface area contributed by atoms with Gasteiger partial charge in [0, 0.05) is 38.8 Å². The second-order valence-electron chi connectivity index (χ2n) is 6.74. The highest BCUT2D eigenvalue weighted by Gasteiger charge is 2.26. The Bertz CT molecular complexity index is 505. The molecule has 142 valence electrons. The molecule has 1 amide bonds. The van der Waals surface area contributed by atoms with Gasteiger partial charge in [-0.25, -0.2) is 0 Å². The lowest BCUT2D eigenvalue weighted by Crippen LogP contribution is -2.49. The molecule has 6 nitrogen and oxygen atoms in total. The van der Waals surface area contributed by atoms with Crippen molar-refractivity contribution in [3.8, 4) is 0 Å². The van der Waals surface area contributed by atoms with E-state index in [1.165, 1.54) is 12.8 Å². The highest BCUT2D eigenvalue weighted by Crippen LogP contribution is 2.23. The number of nitrogens with zero attached hydrogens (tertiary/aromatic N) is 4. The molecule has 3 rings (SSSR count). The molecule has 0 spiro atoms. The summed E-state index contributed by atoms with van der Waals surface area (Å²) in [6.45, 7) is 7.66. The minimum Gasteiger partial charge on any atom is -0.352 e. The van der Waals surface area contributed by atoms with Gasteiger partial charge in [-0.2, -0.15) is 5.10 Å². The van der Waals surface area contributed by atoms with Crippen molar-refractivity contribution in [3.05, 3.63) is 18.3 Å². The highest BCUT2D eigenvalue weighted by molar-refractivity contribution is 5.85. The Hall–Kier alpha value is -1.11. The van der Waals surface area contributed by atoms with Crippen LogP contribution in [0.15, 0.2) is 18.3 Å². The minimum atomic E-state index is 0. The fraction of sp³-hybridized carbons (Fsp3) is 0.706. The molecule has 3 heterocycles.